The Hall–Kier alpha value is -0.120. The van der Waals surface area contributed by atoms with Crippen molar-refractivity contribution in [2.24, 2.45) is 0 Å². The van der Waals surface area contributed by atoms with Crippen LogP contribution in [0.5, 0.6) is 0 Å². The van der Waals surface area contributed by atoms with Crippen LogP contribution >= 0.6 is 0 Å². The molecular formula is C10H24N2O. The van der Waals surface area contributed by atoms with E-state index in [4.69, 9.17) is 4.74 Å². The van der Waals surface area contributed by atoms with Gasteiger partial charge in [0, 0.05) is 13.7 Å². The number of hydrogen-bond acceptors (Lipinski definition) is 3. The summed E-state index contributed by atoms with van der Waals surface area (Å²) >= 11 is 0. The molecule has 0 aliphatic rings. The third kappa shape index (κ3) is 9.80. The molecule has 0 heterocycles. The van der Waals surface area contributed by atoms with Gasteiger partial charge < -0.3 is 15.0 Å². The van der Waals surface area contributed by atoms with Gasteiger partial charge in [0.05, 0.1) is 0 Å². The number of unbranched alkanes of at least 4 members (excludes halogenated alkanes) is 1. The van der Waals surface area contributed by atoms with Crippen LogP contribution in [0.25, 0.3) is 0 Å². The van der Waals surface area contributed by atoms with Gasteiger partial charge in [0.2, 0.25) is 0 Å². The first-order valence-electron chi connectivity index (χ1n) is 5.13. The quantitative estimate of drug-likeness (QED) is 0.545. The van der Waals surface area contributed by atoms with Crippen molar-refractivity contribution < 1.29 is 4.74 Å². The van der Waals surface area contributed by atoms with E-state index in [-0.39, 0.29) is 0 Å². The molecule has 0 aromatic carbocycles. The van der Waals surface area contributed by atoms with Gasteiger partial charge in [-0.1, -0.05) is 0 Å². The zero-order valence-corrected chi connectivity index (χ0v) is 9.31. The standard InChI is InChI=1S/C10H24N2O/c1-11-7-6-9-12(2)8-4-5-10-13-3/h11H,4-10H2,1-3H3. The first kappa shape index (κ1) is 12.9. The molecule has 0 rings (SSSR count). The number of nitrogens with zero attached hydrogens (tertiary/aromatic N) is 1. The highest BCUT2D eigenvalue weighted by Crippen LogP contribution is 1.94. The van der Waals surface area contributed by atoms with Crippen molar-refractivity contribution in [1.29, 1.82) is 0 Å². The molecule has 0 aromatic rings. The van der Waals surface area contributed by atoms with E-state index in [0.717, 1.165) is 13.2 Å². The summed E-state index contributed by atoms with van der Waals surface area (Å²) in [5, 5.41) is 3.15. The third-order valence-electron chi connectivity index (χ3n) is 2.10. The van der Waals surface area contributed by atoms with E-state index in [2.05, 4.69) is 17.3 Å². The molecule has 1 N–H and O–H groups in total. The smallest absolute Gasteiger partial charge is 0.0462 e. The normalized spacial score (nSPS) is 11.1. The van der Waals surface area contributed by atoms with Crippen molar-refractivity contribution in [3.8, 4) is 0 Å². The second-order valence-corrected chi connectivity index (χ2v) is 3.46. The largest absolute Gasteiger partial charge is 0.385 e. The minimum atomic E-state index is 0.893. The van der Waals surface area contributed by atoms with Crippen LogP contribution in [-0.2, 0) is 4.74 Å². The van der Waals surface area contributed by atoms with E-state index < -0.39 is 0 Å². The lowest BCUT2D eigenvalue weighted by Gasteiger charge is -2.15. The van der Waals surface area contributed by atoms with Gasteiger partial charge >= 0.3 is 0 Å². The van der Waals surface area contributed by atoms with Gasteiger partial charge in [0.1, 0.15) is 0 Å². The van der Waals surface area contributed by atoms with Crippen molar-refractivity contribution >= 4 is 0 Å². The van der Waals surface area contributed by atoms with Crippen LogP contribution < -0.4 is 5.32 Å². The Morgan fingerprint density at radius 2 is 1.85 bits per heavy atom. The molecule has 0 aliphatic carbocycles. The lowest BCUT2D eigenvalue weighted by Crippen LogP contribution is -2.24. The summed E-state index contributed by atoms with van der Waals surface area (Å²) < 4.78 is 4.99. The van der Waals surface area contributed by atoms with E-state index in [9.17, 15) is 0 Å². The molecular weight excluding hydrogens is 164 g/mol. The lowest BCUT2D eigenvalue weighted by atomic mass is 10.3. The van der Waals surface area contributed by atoms with Crippen molar-refractivity contribution in [3.05, 3.63) is 0 Å². The molecule has 0 aliphatic heterocycles. The van der Waals surface area contributed by atoms with E-state index in [0.29, 0.717) is 0 Å². The minimum absolute atomic E-state index is 0.893. The molecule has 0 spiro atoms. The molecule has 3 nitrogen and oxygen atoms in total. The number of methoxy groups -OCH3 is 1. The van der Waals surface area contributed by atoms with E-state index in [1.807, 2.05) is 7.05 Å². The Bertz CT molecular complexity index is 98.9. The summed E-state index contributed by atoms with van der Waals surface area (Å²) in [7, 11) is 5.94. The maximum Gasteiger partial charge on any atom is 0.0462 e. The van der Waals surface area contributed by atoms with E-state index in [1.165, 1.54) is 32.4 Å². The van der Waals surface area contributed by atoms with Gasteiger partial charge in [-0.2, -0.15) is 0 Å². The number of rotatable bonds is 9. The molecule has 0 amide bonds. The fourth-order valence-corrected chi connectivity index (χ4v) is 1.27. The highest BCUT2D eigenvalue weighted by atomic mass is 16.5. The number of ether oxygens (including phenoxy) is 1. The first-order chi connectivity index (χ1) is 6.31. The summed E-state index contributed by atoms with van der Waals surface area (Å²) in [6.07, 6.45) is 3.65. The minimum Gasteiger partial charge on any atom is -0.385 e. The molecule has 0 unspecified atom stereocenters. The molecule has 0 aromatic heterocycles. The zero-order valence-electron chi connectivity index (χ0n) is 9.31. The topological polar surface area (TPSA) is 24.5 Å². The van der Waals surface area contributed by atoms with Crippen LogP contribution in [-0.4, -0.2) is 52.3 Å². The maximum atomic E-state index is 4.99. The zero-order chi connectivity index (χ0) is 9.94. The number of hydrogen-bond donors (Lipinski definition) is 1. The van der Waals surface area contributed by atoms with Crippen LogP contribution in [0, 0.1) is 0 Å². The molecule has 0 saturated carbocycles. The Morgan fingerprint density at radius 1 is 1.15 bits per heavy atom. The van der Waals surface area contributed by atoms with Gasteiger partial charge in [-0.15, -0.1) is 0 Å². The summed E-state index contributed by atoms with van der Waals surface area (Å²) in [4.78, 5) is 2.38. The number of nitrogens with one attached hydrogen (secondary N) is 1. The highest BCUT2D eigenvalue weighted by molar-refractivity contribution is 4.53. The molecule has 0 saturated heterocycles. The fourth-order valence-electron chi connectivity index (χ4n) is 1.27. The van der Waals surface area contributed by atoms with Crippen molar-refractivity contribution in [1.82, 2.24) is 10.2 Å². The second-order valence-electron chi connectivity index (χ2n) is 3.46. The fraction of sp³-hybridized carbons (Fsp3) is 1.00. The molecule has 3 heteroatoms. The second kappa shape index (κ2) is 9.96. The van der Waals surface area contributed by atoms with Gasteiger partial charge in [-0.05, 0) is 53.0 Å². The third-order valence-corrected chi connectivity index (χ3v) is 2.10. The van der Waals surface area contributed by atoms with Crippen molar-refractivity contribution in [3.63, 3.8) is 0 Å². The maximum absolute atomic E-state index is 4.99. The molecule has 80 valence electrons. The van der Waals surface area contributed by atoms with Gasteiger partial charge in [0.25, 0.3) is 0 Å². The first-order valence-corrected chi connectivity index (χ1v) is 5.13. The molecule has 0 fully saturated rings. The predicted molar refractivity (Wildman–Crippen MR) is 57.2 cm³/mol. The predicted octanol–water partition coefficient (Wildman–Crippen LogP) is 0.954. The van der Waals surface area contributed by atoms with Crippen LogP contribution in [0.15, 0.2) is 0 Å². The molecule has 0 radical (unpaired) electrons. The van der Waals surface area contributed by atoms with E-state index >= 15 is 0 Å². The van der Waals surface area contributed by atoms with Crippen LogP contribution in [0.2, 0.25) is 0 Å². The van der Waals surface area contributed by atoms with E-state index in [1.54, 1.807) is 7.11 Å². The lowest BCUT2D eigenvalue weighted by molar-refractivity contribution is 0.187. The van der Waals surface area contributed by atoms with Crippen LogP contribution in [0.4, 0.5) is 0 Å². The molecule has 0 atom stereocenters. The van der Waals surface area contributed by atoms with Crippen molar-refractivity contribution in [2.45, 2.75) is 19.3 Å². The Balaban J connectivity index is 3.05. The Kier molecular flexibility index (Phi) is 9.87. The highest BCUT2D eigenvalue weighted by Gasteiger charge is 1.96. The van der Waals surface area contributed by atoms with Gasteiger partial charge in [0.15, 0.2) is 0 Å². The summed E-state index contributed by atoms with van der Waals surface area (Å²) in [5.74, 6) is 0. The van der Waals surface area contributed by atoms with Gasteiger partial charge in [-0.3, -0.25) is 0 Å². The van der Waals surface area contributed by atoms with Crippen LogP contribution in [0.3, 0.4) is 0 Å². The Labute approximate surface area is 82.4 Å². The summed E-state index contributed by atoms with van der Waals surface area (Å²) in [5.41, 5.74) is 0. The average Bonchev–Trinajstić information content (AvgIpc) is 2.13. The molecule has 13 heavy (non-hydrogen) atoms. The Morgan fingerprint density at radius 3 is 2.46 bits per heavy atom. The average molecular weight is 188 g/mol. The SMILES string of the molecule is CNCCCN(C)CCCCOC. The molecule has 0 bridgehead atoms. The van der Waals surface area contributed by atoms with Crippen LogP contribution in [0.1, 0.15) is 19.3 Å². The van der Waals surface area contributed by atoms with Gasteiger partial charge in [-0.25, -0.2) is 0 Å². The van der Waals surface area contributed by atoms with Crippen molar-refractivity contribution in [2.75, 3.05) is 47.4 Å². The summed E-state index contributed by atoms with van der Waals surface area (Å²) in [6.45, 7) is 4.38. The monoisotopic (exact) mass is 188 g/mol. The summed E-state index contributed by atoms with van der Waals surface area (Å²) in [6, 6.07) is 0.